The lowest BCUT2D eigenvalue weighted by molar-refractivity contribution is 1.20. The van der Waals surface area contributed by atoms with Crippen molar-refractivity contribution in [3.8, 4) is 0 Å². The lowest BCUT2D eigenvalue weighted by Crippen LogP contribution is -2.02. The number of rotatable bonds is 3. The zero-order valence-corrected chi connectivity index (χ0v) is 10.0. The molecule has 2 heterocycles. The van der Waals surface area contributed by atoms with Crippen LogP contribution in [0.25, 0.3) is 0 Å². The van der Waals surface area contributed by atoms with Crippen molar-refractivity contribution in [2.75, 3.05) is 5.43 Å². The highest BCUT2D eigenvalue weighted by Crippen LogP contribution is 2.09. The first-order chi connectivity index (χ1) is 8.25. The Bertz CT molecular complexity index is 525. The number of nitrogens with zero attached hydrogens (tertiary/aromatic N) is 3. The summed E-state index contributed by atoms with van der Waals surface area (Å²) in [5, 5.41) is 4.62. The molecule has 5 heteroatoms. The highest BCUT2D eigenvalue weighted by atomic mass is 35.5. The van der Waals surface area contributed by atoms with E-state index in [-0.39, 0.29) is 0 Å². The summed E-state index contributed by atoms with van der Waals surface area (Å²) in [5.41, 5.74) is 4.44. The number of halogens is 1. The summed E-state index contributed by atoms with van der Waals surface area (Å²) in [7, 11) is 0. The van der Waals surface area contributed by atoms with Crippen LogP contribution in [-0.2, 0) is 0 Å². The minimum Gasteiger partial charge on any atom is -0.261 e. The summed E-state index contributed by atoms with van der Waals surface area (Å²) >= 11 is 5.77. The van der Waals surface area contributed by atoms with Gasteiger partial charge in [0.05, 0.1) is 11.4 Å². The lowest BCUT2D eigenvalue weighted by atomic mass is 10.3. The van der Waals surface area contributed by atoms with E-state index < -0.39 is 0 Å². The smallest absolute Gasteiger partial charge is 0.147 e. The molecule has 0 amide bonds. The number of anilines is 1. The molecule has 17 heavy (non-hydrogen) atoms. The van der Waals surface area contributed by atoms with Gasteiger partial charge in [-0.2, -0.15) is 5.10 Å². The van der Waals surface area contributed by atoms with Crippen molar-refractivity contribution < 1.29 is 0 Å². The van der Waals surface area contributed by atoms with Crippen LogP contribution in [0.4, 0.5) is 5.82 Å². The Morgan fingerprint density at radius 3 is 2.82 bits per heavy atom. The Kier molecular flexibility index (Phi) is 3.67. The van der Waals surface area contributed by atoms with Crippen molar-refractivity contribution in [1.82, 2.24) is 9.97 Å². The molecule has 2 aromatic heterocycles. The third-order valence-corrected chi connectivity index (χ3v) is 2.30. The Hall–Kier alpha value is -1.94. The van der Waals surface area contributed by atoms with Crippen LogP contribution in [0.5, 0.6) is 0 Å². The van der Waals surface area contributed by atoms with Gasteiger partial charge in [-0.1, -0.05) is 23.7 Å². The van der Waals surface area contributed by atoms with Crippen molar-refractivity contribution >= 4 is 23.1 Å². The van der Waals surface area contributed by atoms with Gasteiger partial charge in [-0.15, -0.1) is 0 Å². The highest BCUT2D eigenvalue weighted by molar-refractivity contribution is 6.29. The minimum atomic E-state index is 0.431. The van der Waals surface area contributed by atoms with Crippen LogP contribution in [0.15, 0.2) is 47.7 Å². The van der Waals surface area contributed by atoms with E-state index in [9.17, 15) is 0 Å². The topological polar surface area (TPSA) is 50.2 Å². The van der Waals surface area contributed by atoms with Gasteiger partial charge in [0.15, 0.2) is 0 Å². The monoisotopic (exact) mass is 246 g/mol. The first kappa shape index (κ1) is 11.5. The van der Waals surface area contributed by atoms with Crippen LogP contribution in [0.2, 0.25) is 5.15 Å². The van der Waals surface area contributed by atoms with E-state index in [0.29, 0.717) is 11.0 Å². The molecule has 0 atom stereocenters. The van der Waals surface area contributed by atoms with Crippen LogP contribution in [0.3, 0.4) is 0 Å². The van der Waals surface area contributed by atoms with E-state index in [1.807, 2.05) is 31.2 Å². The van der Waals surface area contributed by atoms with E-state index >= 15 is 0 Å². The van der Waals surface area contributed by atoms with Gasteiger partial charge in [0.1, 0.15) is 11.0 Å². The Morgan fingerprint density at radius 1 is 1.24 bits per heavy atom. The zero-order valence-electron chi connectivity index (χ0n) is 9.26. The molecule has 0 unspecified atom stereocenters. The number of hydrogen-bond donors (Lipinski definition) is 1. The fourth-order valence-corrected chi connectivity index (χ4v) is 1.41. The highest BCUT2D eigenvalue weighted by Gasteiger charge is 1.98. The second-order valence-corrected chi connectivity index (χ2v) is 3.76. The van der Waals surface area contributed by atoms with Gasteiger partial charge in [-0.05, 0) is 31.2 Å². The van der Waals surface area contributed by atoms with Crippen molar-refractivity contribution in [2.45, 2.75) is 6.92 Å². The van der Waals surface area contributed by atoms with Gasteiger partial charge in [0.25, 0.3) is 0 Å². The molecule has 0 spiro atoms. The molecule has 86 valence electrons. The molecule has 0 saturated heterocycles. The Labute approximate surface area is 104 Å². The maximum atomic E-state index is 5.77. The molecule has 1 N–H and O–H groups in total. The quantitative estimate of drug-likeness (QED) is 0.515. The summed E-state index contributed by atoms with van der Waals surface area (Å²) in [6.07, 6.45) is 1.73. The second-order valence-electron chi connectivity index (χ2n) is 3.37. The fourth-order valence-electron chi connectivity index (χ4n) is 1.25. The number of aromatic nitrogens is 2. The predicted molar refractivity (Wildman–Crippen MR) is 69.3 cm³/mol. The lowest BCUT2D eigenvalue weighted by Gasteiger charge is -2.02. The van der Waals surface area contributed by atoms with E-state index in [4.69, 9.17) is 11.6 Å². The van der Waals surface area contributed by atoms with E-state index in [1.54, 1.807) is 18.3 Å². The molecule has 0 aliphatic rings. The molecule has 2 aromatic rings. The van der Waals surface area contributed by atoms with Crippen LogP contribution >= 0.6 is 11.6 Å². The zero-order chi connectivity index (χ0) is 12.1. The Balaban J connectivity index is 2.11. The summed E-state index contributed by atoms with van der Waals surface area (Å²) in [6.45, 7) is 1.87. The summed E-state index contributed by atoms with van der Waals surface area (Å²) in [6, 6.07) is 11.0. The molecule has 0 aromatic carbocycles. The Morgan fingerprint density at radius 2 is 2.12 bits per heavy atom. The molecule has 0 aliphatic carbocycles. The average Bonchev–Trinajstić information content (AvgIpc) is 2.37. The number of hydrogen-bond acceptors (Lipinski definition) is 4. The first-order valence-electron chi connectivity index (χ1n) is 5.10. The van der Waals surface area contributed by atoms with Gasteiger partial charge < -0.3 is 0 Å². The van der Waals surface area contributed by atoms with Crippen molar-refractivity contribution in [3.05, 3.63) is 53.4 Å². The summed E-state index contributed by atoms with van der Waals surface area (Å²) < 4.78 is 0. The third kappa shape index (κ3) is 3.26. The van der Waals surface area contributed by atoms with Gasteiger partial charge in [0, 0.05) is 6.20 Å². The van der Waals surface area contributed by atoms with Crippen LogP contribution in [0.1, 0.15) is 12.6 Å². The molecular formula is C12H11ClN4. The van der Waals surface area contributed by atoms with Gasteiger partial charge in [-0.3, -0.25) is 10.4 Å². The van der Waals surface area contributed by atoms with E-state index in [2.05, 4.69) is 20.5 Å². The van der Waals surface area contributed by atoms with Crippen LogP contribution in [0, 0.1) is 0 Å². The maximum absolute atomic E-state index is 5.77. The molecule has 0 saturated carbocycles. The number of hydrazone groups is 1. The molecular weight excluding hydrogens is 236 g/mol. The van der Waals surface area contributed by atoms with E-state index in [0.717, 1.165) is 11.4 Å². The molecule has 0 fully saturated rings. The van der Waals surface area contributed by atoms with Crippen molar-refractivity contribution in [2.24, 2.45) is 5.10 Å². The molecule has 0 bridgehead atoms. The van der Waals surface area contributed by atoms with Crippen LogP contribution in [-0.4, -0.2) is 15.7 Å². The van der Waals surface area contributed by atoms with Gasteiger partial charge in [0.2, 0.25) is 0 Å². The minimum absolute atomic E-state index is 0.431. The van der Waals surface area contributed by atoms with Gasteiger partial charge >= 0.3 is 0 Å². The maximum Gasteiger partial charge on any atom is 0.147 e. The summed E-state index contributed by atoms with van der Waals surface area (Å²) in [5.74, 6) is 0.604. The van der Waals surface area contributed by atoms with Crippen molar-refractivity contribution in [1.29, 1.82) is 0 Å². The SMILES string of the molecule is C/C(=N\Nc1cccc(Cl)n1)c1ccccn1. The second kappa shape index (κ2) is 5.41. The number of pyridine rings is 2. The van der Waals surface area contributed by atoms with E-state index in [1.165, 1.54) is 0 Å². The first-order valence-corrected chi connectivity index (χ1v) is 5.48. The molecule has 0 aliphatic heterocycles. The average molecular weight is 247 g/mol. The van der Waals surface area contributed by atoms with Crippen LogP contribution < -0.4 is 5.43 Å². The summed E-state index contributed by atoms with van der Waals surface area (Å²) in [4.78, 5) is 8.26. The fraction of sp³-hybridized carbons (Fsp3) is 0.0833. The molecule has 4 nitrogen and oxygen atoms in total. The third-order valence-electron chi connectivity index (χ3n) is 2.09. The molecule has 0 radical (unpaired) electrons. The number of nitrogens with one attached hydrogen (secondary N) is 1. The molecule has 2 rings (SSSR count). The predicted octanol–water partition coefficient (Wildman–Crippen LogP) is 2.97. The standard InChI is InChI=1S/C12H11ClN4/c1-9(10-5-2-3-8-14-10)16-17-12-7-4-6-11(13)15-12/h2-8H,1H3,(H,15,17)/b16-9+. The van der Waals surface area contributed by atoms with Gasteiger partial charge in [-0.25, -0.2) is 4.98 Å². The van der Waals surface area contributed by atoms with Crippen molar-refractivity contribution in [3.63, 3.8) is 0 Å². The largest absolute Gasteiger partial charge is 0.261 e. The normalized spacial score (nSPS) is 11.3.